The van der Waals surface area contributed by atoms with Crippen LogP contribution in [-0.2, 0) is 5.88 Å². The Morgan fingerprint density at radius 2 is 1.46 bits per heavy atom. The maximum absolute atomic E-state index is 11.2. The van der Waals surface area contributed by atoms with E-state index in [1.165, 1.54) is 0 Å². The summed E-state index contributed by atoms with van der Waals surface area (Å²) in [5.41, 5.74) is 2.90. The van der Waals surface area contributed by atoms with Crippen molar-refractivity contribution in [3.63, 3.8) is 0 Å². The van der Waals surface area contributed by atoms with Gasteiger partial charge < -0.3 is 5.11 Å². The fraction of sp³-hybridized carbons (Fsp3) is 0.545. The highest BCUT2D eigenvalue weighted by atomic mass is 35.5. The molecule has 0 bridgehead atoms. The number of hydrogen-bond donors (Lipinski definition) is 1. The average Bonchev–Trinajstić information content (AvgIpc) is 2.62. The van der Waals surface area contributed by atoms with Crippen LogP contribution >= 0.6 is 35.1 Å². The van der Waals surface area contributed by atoms with Crippen LogP contribution in [-0.4, -0.2) is 26.6 Å². The summed E-state index contributed by atoms with van der Waals surface area (Å²) in [5, 5.41) is 13.0. The molecule has 28 heavy (non-hydrogen) atoms. The van der Waals surface area contributed by atoms with Crippen molar-refractivity contribution in [2.75, 3.05) is 11.5 Å². The van der Waals surface area contributed by atoms with Crippen molar-refractivity contribution in [2.24, 2.45) is 10.8 Å². The van der Waals surface area contributed by atoms with Crippen LogP contribution in [0.5, 0.6) is 0 Å². The van der Waals surface area contributed by atoms with Crippen LogP contribution in [0.15, 0.2) is 40.6 Å². The van der Waals surface area contributed by atoms with Gasteiger partial charge in [0, 0.05) is 35.0 Å². The molecule has 0 amide bonds. The maximum atomic E-state index is 11.2. The van der Waals surface area contributed by atoms with Crippen molar-refractivity contribution in [3.05, 3.63) is 47.3 Å². The first-order valence-corrected chi connectivity index (χ1v) is 11.9. The average molecular weight is 439 g/mol. The molecule has 3 nitrogen and oxygen atoms in total. The lowest BCUT2D eigenvalue weighted by molar-refractivity contribution is 0.215. The van der Waals surface area contributed by atoms with Crippen LogP contribution in [0.3, 0.4) is 0 Å². The summed E-state index contributed by atoms with van der Waals surface area (Å²) in [5.74, 6) is 2.18. The van der Waals surface area contributed by atoms with Gasteiger partial charge in [-0.05, 0) is 28.5 Å². The van der Waals surface area contributed by atoms with Crippen LogP contribution < -0.4 is 0 Å². The molecule has 1 unspecified atom stereocenters. The summed E-state index contributed by atoms with van der Waals surface area (Å²) < 4.78 is 0. The summed E-state index contributed by atoms with van der Waals surface area (Å²) in [6, 6.07) is 5.69. The standard InChI is InChI=1S/C22H31ClN2OS2/c1-21(2,3)13-27-19-16(8-7-10-24-19)18(26)15-9-11-25-20(17(15)12-23)28-14-22(4,5)6/h7-11,18,26H,12-14H2,1-6H3. The van der Waals surface area contributed by atoms with Gasteiger partial charge in [-0.25, -0.2) is 9.97 Å². The van der Waals surface area contributed by atoms with Gasteiger partial charge in [0.2, 0.25) is 0 Å². The number of halogens is 1. The number of nitrogens with zero attached hydrogens (tertiary/aromatic N) is 2. The molecule has 0 radical (unpaired) electrons. The van der Waals surface area contributed by atoms with Gasteiger partial charge in [-0.15, -0.1) is 35.1 Å². The molecule has 2 aromatic rings. The van der Waals surface area contributed by atoms with Gasteiger partial charge in [0.1, 0.15) is 16.2 Å². The summed E-state index contributed by atoms with van der Waals surface area (Å²) in [7, 11) is 0. The highest BCUT2D eigenvalue weighted by molar-refractivity contribution is 7.99. The van der Waals surface area contributed by atoms with Crippen molar-refractivity contribution in [1.82, 2.24) is 9.97 Å². The molecule has 1 N–H and O–H groups in total. The Morgan fingerprint density at radius 3 is 2.04 bits per heavy atom. The summed E-state index contributed by atoms with van der Waals surface area (Å²) in [4.78, 5) is 9.05. The van der Waals surface area contributed by atoms with Crippen LogP contribution in [0.25, 0.3) is 0 Å². The molecule has 6 heteroatoms. The van der Waals surface area contributed by atoms with Gasteiger partial charge in [-0.1, -0.05) is 47.6 Å². The third-order valence-corrected chi connectivity index (χ3v) is 7.39. The largest absolute Gasteiger partial charge is 0.384 e. The topological polar surface area (TPSA) is 46.0 Å². The van der Waals surface area contributed by atoms with E-state index in [9.17, 15) is 5.11 Å². The molecule has 0 aromatic carbocycles. The second-order valence-corrected chi connectivity index (χ2v) is 11.5. The molecular formula is C22H31ClN2OS2. The number of aliphatic hydroxyl groups is 1. The van der Waals surface area contributed by atoms with E-state index in [2.05, 4.69) is 51.5 Å². The van der Waals surface area contributed by atoms with E-state index in [4.69, 9.17) is 11.6 Å². The zero-order valence-corrected chi connectivity index (χ0v) is 20.0. The number of alkyl halides is 1. The highest BCUT2D eigenvalue weighted by Crippen LogP contribution is 2.37. The summed E-state index contributed by atoms with van der Waals surface area (Å²) in [6.07, 6.45) is 2.76. The minimum Gasteiger partial charge on any atom is -0.384 e. The molecule has 2 aromatic heterocycles. The van der Waals surface area contributed by atoms with E-state index in [1.807, 2.05) is 18.2 Å². The number of rotatable bonds is 7. The van der Waals surface area contributed by atoms with Gasteiger partial charge >= 0.3 is 0 Å². The molecule has 2 heterocycles. The second kappa shape index (κ2) is 9.84. The summed E-state index contributed by atoms with van der Waals surface area (Å²) in [6.45, 7) is 13.2. The van der Waals surface area contributed by atoms with Crippen LogP contribution in [0, 0.1) is 10.8 Å². The lowest BCUT2D eigenvalue weighted by atomic mass is 10.00. The molecule has 0 aliphatic rings. The predicted octanol–water partition coefficient (Wildman–Crippen LogP) is 6.57. The molecule has 0 fully saturated rings. The monoisotopic (exact) mass is 438 g/mol. The van der Waals surface area contributed by atoms with Crippen molar-refractivity contribution in [2.45, 2.75) is 63.6 Å². The van der Waals surface area contributed by atoms with Crippen molar-refractivity contribution < 1.29 is 5.11 Å². The first-order valence-electron chi connectivity index (χ1n) is 9.44. The Labute approximate surface area is 183 Å². The third kappa shape index (κ3) is 6.94. The molecule has 0 aliphatic carbocycles. The molecule has 0 saturated carbocycles. The van der Waals surface area contributed by atoms with Gasteiger partial charge in [-0.3, -0.25) is 0 Å². The quantitative estimate of drug-likeness (QED) is 0.391. The molecule has 1 atom stereocenters. The van der Waals surface area contributed by atoms with E-state index < -0.39 is 6.10 Å². The van der Waals surface area contributed by atoms with Crippen LogP contribution in [0.4, 0.5) is 0 Å². The van der Waals surface area contributed by atoms with Gasteiger partial charge in [0.15, 0.2) is 0 Å². The first-order chi connectivity index (χ1) is 13.0. The van der Waals surface area contributed by atoms with E-state index in [0.717, 1.165) is 38.2 Å². The minimum atomic E-state index is -0.776. The lowest BCUT2D eigenvalue weighted by Gasteiger charge is -2.22. The van der Waals surface area contributed by atoms with Crippen molar-refractivity contribution >= 4 is 35.1 Å². The number of pyridine rings is 2. The predicted molar refractivity (Wildman–Crippen MR) is 122 cm³/mol. The zero-order valence-electron chi connectivity index (χ0n) is 17.6. The number of aliphatic hydroxyl groups excluding tert-OH is 1. The first kappa shape index (κ1) is 23.5. The molecular weight excluding hydrogens is 408 g/mol. The number of aromatic nitrogens is 2. The Morgan fingerprint density at radius 1 is 0.893 bits per heavy atom. The Balaban J connectivity index is 2.35. The SMILES string of the molecule is CC(C)(C)CSc1ncccc1C(O)c1ccnc(SCC(C)(C)C)c1CCl. The zero-order chi connectivity index (χ0) is 20.9. The van der Waals surface area contributed by atoms with Gasteiger partial charge in [0.05, 0.1) is 5.88 Å². The van der Waals surface area contributed by atoms with E-state index >= 15 is 0 Å². The normalized spacial score (nSPS) is 13.6. The smallest absolute Gasteiger partial charge is 0.107 e. The van der Waals surface area contributed by atoms with Crippen molar-refractivity contribution in [1.29, 1.82) is 0 Å². The summed E-state index contributed by atoms with van der Waals surface area (Å²) >= 11 is 9.67. The van der Waals surface area contributed by atoms with Gasteiger partial charge in [0.25, 0.3) is 0 Å². The fourth-order valence-electron chi connectivity index (χ4n) is 2.47. The van der Waals surface area contributed by atoms with E-state index in [0.29, 0.717) is 5.88 Å². The highest BCUT2D eigenvalue weighted by Gasteiger charge is 2.23. The Hall–Kier alpha value is -0.750. The number of hydrogen-bond acceptors (Lipinski definition) is 5. The Kier molecular flexibility index (Phi) is 8.26. The van der Waals surface area contributed by atoms with Crippen LogP contribution in [0.1, 0.15) is 64.3 Å². The van der Waals surface area contributed by atoms with E-state index in [-0.39, 0.29) is 10.8 Å². The molecule has 0 saturated heterocycles. The molecule has 0 spiro atoms. The number of thioether (sulfide) groups is 2. The van der Waals surface area contributed by atoms with Crippen molar-refractivity contribution in [3.8, 4) is 0 Å². The molecule has 0 aliphatic heterocycles. The molecule has 154 valence electrons. The lowest BCUT2D eigenvalue weighted by Crippen LogP contribution is -2.12. The van der Waals surface area contributed by atoms with Gasteiger partial charge in [-0.2, -0.15) is 0 Å². The fourth-order valence-corrected chi connectivity index (χ4v) is 4.95. The Bertz CT molecular complexity index is 785. The second-order valence-electron chi connectivity index (χ2n) is 9.32. The van der Waals surface area contributed by atoms with E-state index in [1.54, 1.807) is 35.9 Å². The maximum Gasteiger partial charge on any atom is 0.107 e. The minimum absolute atomic E-state index is 0.180. The third-order valence-electron chi connectivity index (χ3n) is 3.86. The molecule has 2 rings (SSSR count). The van der Waals surface area contributed by atoms with Crippen LogP contribution in [0.2, 0.25) is 0 Å².